The van der Waals surface area contributed by atoms with Crippen molar-refractivity contribution in [3.63, 3.8) is 0 Å². The maximum absolute atomic E-state index is 12.7. The van der Waals surface area contributed by atoms with Crippen molar-refractivity contribution in [3.05, 3.63) is 39.7 Å². The highest BCUT2D eigenvalue weighted by Crippen LogP contribution is 2.39. The summed E-state index contributed by atoms with van der Waals surface area (Å²) >= 11 is 1.43. The largest absolute Gasteiger partial charge is 0.466 e. The molecule has 2 aromatic heterocycles. The van der Waals surface area contributed by atoms with Crippen LogP contribution in [0.1, 0.15) is 84.1 Å². The van der Waals surface area contributed by atoms with Crippen LogP contribution in [0.4, 0.5) is 5.00 Å². The molecule has 0 unspecified atom stereocenters. The molecule has 1 atom stereocenters. The first kappa shape index (κ1) is 21.2. The first-order chi connectivity index (χ1) is 12.5. The number of nitrogens with one attached hydrogen (secondary N) is 1. The fourth-order valence-electron chi connectivity index (χ4n) is 3.15. The summed E-state index contributed by atoms with van der Waals surface area (Å²) in [5.74, 6) is 0.798. The standard InChI is InChI=1S/C21H29NO4S/c1-8-25-20(24)16-10-17(12(2)11-21(5,6)7)27-19(16)22-18(23)15-9-13(3)26-14(15)4/h9-10,12H,8,11H2,1-7H3,(H,22,23)/t12-/m0/s1. The summed E-state index contributed by atoms with van der Waals surface area (Å²) in [4.78, 5) is 26.1. The van der Waals surface area contributed by atoms with Gasteiger partial charge >= 0.3 is 5.97 Å². The van der Waals surface area contributed by atoms with Crippen LogP contribution >= 0.6 is 11.3 Å². The molecule has 0 bridgehead atoms. The molecule has 0 spiro atoms. The molecule has 2 aromatic rings. The van der Waals surface area contributed by atoms with E-state index in [0.29, 0.717) is 27.6 Å². The van der Waals surface area contributed by atoms with Crippen molar-refractivity contribution in [2.24, 2.45) is 5.41 Å². The Labute approximate surface area is 165 Å². The quantitative estimate of drug-likeness (QED) is 0.620. The third-order valence-electron chi connectivity index (χ3n) is 4.16. The second kappa shape index (κ2) is 8.30. The Hall–Kier alpha value is -2.08. The van der Waals surface area contributed by atoms with E-state index in [2.05, 4.69) is 33.0 Å². The second-order valence-corrected chi connectivity index (χ2v) is 9.14. The van der Waals surface area contributed by atoms with Gasteiger partial charge in [-0.05, 0) is 50.7 Å². The summed E-state index contributed by atoms with van der Waals surface area (Å²) in [6.07, 6.45) is 0.975. The molecule has 2 rings (SSSR count). The minimum absolute atomic E-state index is 0.169. The lowest BCUT2D eigenvalue weighted by molar-refractivity contribution is 0.0528. The lowest BCUT2D eigenvalue weighted by Crippen LogP contribution is -2.14. The van der Waals surface area contributed by atoms with Gasteiger partial charge in [-0.2, -0.15) is 0 Å². The summed E-state index contributed by atoms with van der Waals surface area (Å²) in [5, 5.41) is 3.40. The molecule has 0 radical (unpaired) electrons. The van der Waals surface area contributed by atoms with E-state index in [0.717, 1.165) is 11.3 Å². The van der Waals surface area contributed by atoms with Crippen LogP contribution in [-0.4, -0.2) is 18.5 Å². The molecule has 1 N–H and O–H groups in total. The molecule has 6 heteroatoms. The predicted molar refractivity (Wildman–Crippen MR) is 109 cm³/mol. The molecule has 0 aromatic carbocycles. The van der Waals surface area contributed by atoms with Gasteiger partial charge in [0.1, 0.15) is 16.5 Å². The van der Waals surface area contributed by atoms with E-state index in [1.165, 1.54) is 11.3 Å². The smallest absolute Gasteiger partial charge is 0.341 e. The normalized spacial score (nSPS) is 12.7. The van der Waals surface area contributed by atoms with Gasteiger partial charge in [0.05, 0.1) is 17.7 Å². The number of hydrogen-bond donors (Lipinski definition) is 1. The molecule has 0 aliphatic rings. The third-order valence-corrected chi connectivity index (χ3v) is 5.45. The van der Waals surface area contributed by atoms with Crippen LogP contribution in [0.25, 0.3) is 0 Å². The highest BCUT2D eigenvalue weighted by Gasteiger charge is 2.25. The summed E-state index contributed by atoms with van der Waals surface area (Å²) in [7, 11) is 0. The van der Waals surface area contributed by atoms with Crippen LogP contribution < -0.4 is 5.32 Å². The van der Waals surface area contributed by atoms with Gasteiger partial charge in [-0.15, -0.1) is 11.3 Å². The van der Waals surface area contributed by atoms with Gasteiger partial charge in [-0.1, -0.05) is 27.7 Å². The Kier molecular flexibility index (Phi) is 6.52. The molecule has 148 valence electrons. The monoisotopic (exact) mass is 391 g/mol. The van der Waals surface area contributed by atoms with Crippen LogP contribution in [0.2, 0.25) is 0 Å². The molecule has 27 heavy (non-hydrogen) atoms. The number of anilines is 1. The van der Waals surface area contributed by atoms with Crippen molar-refractivity contribution in [1.82, 2.24) is 0 Å². The van der Waals surface area contributed by atoms with E-state index < -0.39 is 5.97 Å². The molecule has 0 aliphatic carbocycles. The fourth-order valence-corrected chi connectivity index (χ4v) is 4.25. The minimum Gasteiger partial charge on any atom is -0.466 e. The molecule has 5 nitrogen and oxygen atoms in total. The van der Waals surface area contributed by atoms with E-state index in [1.807, 2.05) is 6.07 Å². The lowest BCUT2D eigenvalue weighted by Gasteiger charge is -2.22. The Morgan fingerprint density at radius 3 is 2.41 bits per heavy atom. The first-order valence-corrected chi connectivity index (χ1v) is 10.0. The van der Waals surface area contributed by atoms with Gasteiger partial charge in [0.25, 0.3) is 5.91 Å². The number of thiophene rings is 1. The van der Waals surface area contributed by atoms with Crippen molar-refractivity contribution in [1.29, 1.82) is 0 Å². The zero-order valence-electron chi connectivity index (χ0n) is 17.2. The topological polar surface area (TPSA) is 68.5 Å². The Morgan fingerprint density at radius 1 is 1.22 bits per heavy atom. The Morgan fingerprint density at radius 2 is 1.89 bits per heavy atom. The van der Waals surface area contributed by atoms with Crippen molar-refractivity contribution in [2.75, 3.05) is 11.9 Å². The average molecular weight is 392 g/mol. The summed E-state index contributed by atoms with van der Waals surface area (Å²) in [6.45, 7) is 14.3. The predicted octanol–water partition coefficient (Wildman–Crippen LogP) is 5.93. The summed E-state index contributed by atoms with van der Waals surface area (Å²) < 4.78 is 10.6. The maximum atomic E-state index is 12.7. The van der Waals surface area contributed by atoms with Crippen molar-refractivity contribution in [2.45, 2.75) is 60.8 Å². The van der Waals surface area contributed by atoms with Gasteiger partial charge in [-0.3, -0.25) is 4.79 Å². The minimum atomic E-state index is -0.418. The van der Waals surface area contributed by atoms with Gasteiger partial charge in [0.15, 0.2) is 0 Å². The lowest BCUT2D eigenvalue weighted by atomic mass is 9.85. The molecule has 0 aliphatic heterocycles. The fraction of sp³-hybridized carbons (Fsp3) is 0.524. The second-order valence-electron chi connectivity index (χ2n) is 8.06. The number of amides is 1. The third kappa shape index (κ3) is 5.45. The summed E-state index contributed by atoms with van der Waals surface area (Å²) in [6, 6.07) is 3.55. The van der Waals surface area contributed by atoms with Crippen molar-refractivity contribution < 1.29 is 18.7 Å². The van der Waals surface area contributed by atoms with Gasteiger partial charge < -0.3 is 14.5 Å². The molecule has 0 saturated carbocycles. The molecule has 0 fully saturated rings. The van der Waals surface area contributed by atoms with Crippen molar-refractivity contribution in [3.8, 4) is 0 Å². The maximum Gasteiger partial charge on any atom is 0.341 e. The van der Waals surface area contributed by atoms with Crippen LogP contribution in [0.15, 0.2) is 16.5 Å². The van der Waals surface area contributed by atoms with Crippen LogP contribution in [0.3, 0.4) is 0 Å². The zero-order valence-corrected chi connectivity index (χ0v) is 18.0. The van der Waals surface area contributed by atoms with Gasteiger partial charge in [0.2, 0.25) is 0 Å². The zero-order chi connectivity index (χ0) is 20.4. The van der Waals surface area contributed by atoms with E-state index >= 15 is 0 Å². The number of rotatable bonds is 6. The molecule has 0 saturated heterocycles. The van der Waals surface area contributed by atoms with E-state index in [-0.39, 0.29) is 23.8 Å². The van der Waals surface area contributed by atoms with E-state index in [9.17, 15) is 9.59 Å². The number of ether oxygens (including phenoxy) is 1. The van der Waals surface area contributed by atoms with Crippen LogP contribution in [0.5, 0.6) is 0 Å². The van der Waals surface area contributed by atoms with E-state index in [1.54, 1.807) is 26.8 Å². The number of furan rings is 1. The van der Waals surface area contributed by atoms with Crippen molar-refractivity contribution >= 4 is 28.2 Å². The SMILES string of the molecule is CCOC(=O)c1cc([C@@H](C)CC(C)(C)C)sc1NC(=O)c1cc(C)oc1C. The van der Waals surface area contributed by atoms with E-state index in [4.69, 9.17) is 9.15 Å². The van der Waals surface area contributed by atoms with Gasteiger partial charge in [0, 0.05) is 4.88 Å². The molecule has 2 heterocycles. The van der Waals surface area contributed by atoms with Crippen LogP contribution in [-0.2, 0) is 4.74 Å². The number of carbonyl (C=O) groups is 2. The first-order valence-electron chi connectivity index (χ1n) is 9.21. The molecule has 1 amide bonds. The summed E-state index contributed by atoms with van der Waals surface area (Å²) in [5.41, 5.74) is 1.05. The molecular weight excluding hydrogens is 362 g/mol. The highest BCUT2D eigenvalue weighted by molar-refractivity contribution is 7.16. The number of carbonyl (C=O) groups excluding carboxylic acids is 2. The van der Waals surface area contributed by atoms with Gasteiger partial charge in [-0.25, -0.2) is 4.79 Å². The number of hydrogen-bond acceptors (Lipinski definition) is 5. The van der Waals surface area contributed by atoms with Crippen LogP contribution in [0, 0.1) is 19.3 Å². The molecular formula is C21H29NO4S. The number of esters is 1. The Balaban J connectivity index is 2.33. The average Bonchev–Trinajstić information content (AvgIpc) is 3.09. The highest BCUT2D eigenvalue weighted by atomic mass is 32.1. The number of aryl methyl sites for hydroxylation is 2. The Bertz CT molecular complexity index is 826.